The molecule has 18 heavy (non-hydrogen) atoms. The van der Waals surface area contributed by atoms with Gasteiger partial charge in [-0.15, -0.1) is 0 Å². The van der Waals surface area contributed by atoms with Crippen LogP contribution in [0.4, 0.5) is 5.69 Å². The third kappa shape index (κ3) is 3.23. The fourth-order valence-electron chi connectivity index (χ4n) is 2.26. The number of anilines is 1. The molecule has 1 aromatic rings. The van der Waals surface area contributed by atoms with Gasteiger partial charge in [0.2, 0.25) is 0 Å². The Labute approximate surface area is 108 Å². The average molecular weight is 269 g/mol. The van der Waals surface area contributed by atoms with Crippen molar-refractivity contribution in [3.05, 3.63) is 24.3 Å². The molecular formula is C13H19NO3S. The van der Waals surface area contributed by atoms with E-state index in [2.05, 4.69) is 5.32 Å². The van der Waals surface area contributed by atoms with E-state index in [9.17, 15) is 8.42 Å². The molecule has 1 aliphatic rings. The van der Waals surface area contributed by atoms with Crippen LogP contribution in [-0.4, -0.2) is 33.4 Å². The summed E-state index contributed by atoms with van der Waals surface area (Å²) in [7, 11) is -3.19. The van der Waals surface area contributed by atoms with Gasteiger partial charge in [0.1, 0.15) is 0 Å². The van der Waals surface area contributed by atoms with Crippen LogP contribution in [0.15, 0.2) is 29.2 Å². The second-order valence-corrected chi connectivity index (χ2v) is 6.80. The van der Waals surface area contributed by atoms with Crippen molar-refractivity contribution in [3.8, 4) is 0 Å². The monoisotopic (exact) mass is 269 g/mol. The second-order valence-electron chi connectivity index (χ2n) is 4.82. The lowest BCUT2D eigenvalue weighted by Crippen LogP contribution is -2.32. The number of rotatable bonds is 3. The zero-order chi connectivity index (χ0) is 13.2. The molecule has 1 heterocycles. The first kappa shape index (κ1) is 13.4. The summed E-state index contributed by atoms with van der Waals surface area (Å²) in [5.74, 6) is 0. The number of sulfone groups is 1. The van der Waals surface area contributed by atoms with E-state index >= 15 is 0 Å². The molecule has 4 nitrogen and oxygen atoms in total. The van der Waals surface area contributed by atoms with Gasteiger partial charge in [-0.05, 0) is 31.9 Å². The van der Waals surface area contributed by atoms with Crippen molar-refractivity contribution >= 4 is 15.5 Å². The maximum Gasteiger partial charge on any atom is 0.177 e. The third-order valence-electron chi connectivity index (χ3n) is 3.13. The van der Waals surface area contributed by atoms with Crippen LogP contribution in [0.3, 0.4) is 0 Å². The smallest absolute Gasteiger partial charge is 0.177 e. The summed E-state index contributed by atoms with van der Waals surface area (Å²) in [5.41, 5.74) is 0.694. The van der Waals surface area contributed by atoms with Crippen molar-refractivity contribution in [1.82, 2.24) is 0 Å². The maximum absolute atomic E-state index is 11.7. The first-order valence-corrected chi connectivity index (χ1v) is 8.03. The maximum atomic E-state index is 11.7. The Bertz CT molecular complexity index is 513. The van der Waals surface area contributed by atoms with E-state index in [1.54, 1.807) is 12.1 Å². The minimum Gasteiger partial charge on any atom is -0.381 e. The Kier molecular flexibility index (Phi) is 3.92. The van der Waals surface area contributed by atoms with Crippen molar-refractivity contribution in [2.75, 3.05) is 18.2 Å². The molecule has 2 rings (SSSR count). The normalized spacial score (nSPS) is 24.8. The molecule has 2 atom stereocenters. The summed E-state index contributed by atoms with van der Waals surface area (Å²) in [6.07, 6.45) is 3.27. The molecule has 5 heteroatoms. The molecule has 1 saturated heterocycles. The van der Waals surface area contributed by atoms with Crippen LogP contribution in [-0.2, 0) is 14.6 Å². The van der Waals surface area contributed by atoms with Gasteiger partial charge in [0.05, 0.1) is 16.7 Å². The largest absolute Gasteiger partial charge is 0.381 e. The Hall–Kier alpha value is -1.07. The number of hydrogen-bond donors (Lipinski definition) is 1. The molecular weight excluding hydrogens is 250 g/mol. The molecule has 1 fully saturated rings. The van der Waals surface area contributed by atoms with Crippen molar-refractivity contribution in [2.45, 2.75) is 36.8 Å². The lowest BCUT2D eigenvalue weighted by atomic mass is 10.0. The van der Waals surface area contributed by atoms with E-state index in [-0.39, 0.29) is 12.1 Å². The highest BCUT2D eigenvalue weighted by Crippen LogP contribution is 2.24. The first-order chi connectivity index (χ1) is 8.47. The summed E-state index contributed by atoms with van der Waals surface area (Å²) in [6.45, 7) is 2.76. The van der Waals surface area contributed by atoms with Crippen LogP contribution in [0, 0.1) is 0 Å². The van der Waals surface area contributed by atoms with E-state index < -0.39 is 9.84 Å². The molecule has 0 radical (unpaired) electrons. The molecule has 0 saturated carbocycles. The highest BCUT2D eigenvalue weighted by molar-refractivity contribution is 7.90. The average Bonchev–Trinajstić information content (AvgIpc) is 2.28. The van der Waals surface area contributed by atoms with Gasteiger partial charge in [-0.1, -0.05) is 12.1 Å². The molecule has 1 N–H and O–H groups in total. The SMILES string of the molecule is CC1CC(Nc2ccccc2S(C)(=O)=O)CCO1. The number of hydrogen-bond acceptors (Lipinski definition) is 4. The molecule has 0 bridgehead atoms. The van der Waals surface area contributed by atoms with Gasteiger partial charge in [-0.2, -0.15) is 0 Å². The Morgan fingerprint density at radius 3 is 2.72 bits per heavy atom. The first-order valence-electron chi connectivity index (χ1n) is 6.14. The Morgan fingerprint density at radius 1 is 1.33 bits per heavy atom. The molecule has 1 aromatic carbocycles. The molecule has 0 aliphatic carbocycles. The van der Waals surface area contributed by atoms with Crippen LogP contribution in [0.25, 0.3) is 0 Å². The number of benzene rings is 1. The second kappa shape index (κ2) is 5.28. The molecule has 100 valence electrons. The summed E-state index contributed by atoms with van der Waals surface area (Å²) in [5, 5.41) is 3.33. The van der Waals surface area contributed by atoms with Crippen molar-refractivity contribution < 1.29 is 13.2 Å². The standard InChI is InChI=1S/C13H19NO3S/c1-10-9-11(7-8-17-10)14-12-5-3-4-6-13(12)18(2,15)16/h3-6,10-11,14H,7-9H2,1-2H3. The van der Waals surface area contributed by atoms with Gasteiger partial charge in [0, 0.05) is 18.9 Å². The van der Waals surface area contributed by atoms with Crippen LogP contribution in [0.1, 0.15) is 19.8 Å². The number of nitrogens with one attached hydrogen (secondary N) is 1. The molecule has 0 amide bonds. The van der Waals surface area contributed by atoms with Gasteiger partial charge in [-0.25, -0.2) is 8.42 Å². The minimum absolute atomic E-state index is 0.224. The topological polar surface area (TPSA) is 55.4 Å². The molecule has 0 aromatic heterocycles. The minimum atomic E-state index is -3.19. The lowest BCUT2D eigenvalue weighted by Gasteiger charge is -2.29. The van der Waals surface area contributed by atoms with E-state index in [0.29, 0.717) is 10.6 Å². The van der Waals surface area contributed by atoms with Gasteiger partial charge < -0.3 is 10.1 Å². The Morgan fingerprint density at radius 2 is 2.06 bits per heavy atom. The number of para-hydroxylation sites is 1. The third-order valence-corrected chi connectivity index (χ3v) is 4.29. The zero-order valence-electron chi connectivity index (χ0n) is 10.7. The van der Waals surface area contributed by atoms with Gasteiger partial charge in [-0.3, -0.25) is 0 Å². The Balaban J connectivity index is 2.19. The predicted octanol–water partition coefficient (Wildman–Crippen LogP) is 2.07. The van der Waals surface area contributed by atoms with E-state index in [0.717, 1.165) is 19.4 Å². The van der Waals surface area contributed by atoms with Crippen LogP contribution in [0.2, 0.25) is 0 Å². The van der Waals surface area contributed by atoms with Gasteiger partial charge in [0.25, 0.3) is 0 Å². The van der Waals surface area contributed by atoms with Crippen LogP contribution in [0.5, 0.6) is 0 Å². The summed E-state index contributed by atoms with van der Waals surface area (Å²) in [4.78, 5) is 0.365. The predicted molar refractivity (Wildman–Crippen MR) is 71.6 cm³/mol. The van der Waals surface area contributed by atoms with E-state index in [1.165, 1.54) is 6.26 Å². The lowest BCUT2D eigenvalue weighted by molar-refractivity contribution is 0.0232. The highest BCUT2D eigenvalue weighted by Gasteiger charge is 2.21. The van der Waals surface area contributed by atoms with Gasteiger partial charge >= 0.3 is 0 Å². The number of ether oxygens (including phenoxy) is 1. The van der Waals surface area contributed by atoms with Crippen molar-refractivity contribution in [2.24, 2.45) is 0 Å². The van der Waals surface area contributed by atoms with E-state index in [1.807, 2.05) is 19.1 Å². The van der Waals surface area contributed by atoms with Crippen LogP contribution < -0.4 is 5.32 Å². The zero-order valence-corrected chi connectivity index (χ0v) is 11.5. The fourth-order valence-corrected chi connectivity index (χ4v) is 3.11. The molecule has 1 aliphatic heterocycles. The van der Waals surface area contributed by atoms with Crippen LogP contribution >= 0.6 is 0 Å². The van der Waals surface area contributed by atoms with Gasteiger partial charge in [0.15, 0.2) is 9.84 Å². The fraction of sp³-hybridized carbons (Fsp3) is 0.538. The molecule has 0 spiro atoms. The van der Waals surface area contributed by atoms with Crippen molar-refractivity contribution in [1.29, 1.82) is 0 Å². The summed E-state index contributed by atoms with van der Waals surface area (Å²) < 4.78 is 28.9. The van der Waals surface area contributed by atoms with Crippen molar-refractivity contribution in [3.63, 3.8) is 0 Å². The van der Waals surface area contributed by atoms with E-state index in [4.69, 9.17) is 4.74 Å². The summed E-state index contributed by atoms with van der Waals surface area (Å²) in [6, 6.07) is 7.32. The highest BCUT2D eigenvalue weighted by atomic mass is 32.2. The quantitative estimate of drug-likeness (QED) is 0.912. The molecule has 2 unspecified atom stereocenters. The summed E-state index contributed by atoms with van der Waals surface area (Å²) >= 11 is 0.